The van der Waals surface area contributed by atoms with Gasteiger partial charge in [-0.3, -0.25) is 0 Å². The van der Waals surface area contributed by atoms with Gasteiger partial charge in [0.25, 0.3) is 0 Å². The molecule has 0 amide bonds. The van der Waals surface area contributed by atoms with E-state index < -0.39 is 20.4 Å². The normalized spacial score (nSPS) is 13.1. The van der Waals surface area contributed by atoms with Crippen LogP contribution in [-0.4, -0.2) is 31.4 Å². The van der Waals surface area contributed by atoms with E-state index in [1.54, 1.807) is 34.6 Å². The number of hydrogen-bond acceptors (Lipinski definition) is 4. The third kappa shape index (κ3) is 6.79. The molecule has 0 aliphatic rings. The lowest BCUT2D eigenvalue weighted by atomic mass is 9.98. The molecule has 138 valence electrons. The zero-order valence-electron chi connectivity index (χ0n) is 15.5. The average Bonchev–Trinajstić information content (AvgIpc) is 2.44. The van der Waals surface area contributed by atoms with Crippen molar-refractivity contribution in [2.45, 2.75) is 64.2 Å². The van der Waals surface area contributed by atoms with Crippen molar-refractivity contribution in [2.24, 2.45) is 0 Å². The van der Waals surface area contributed by atoms with E-state index in [1.807, 2.05) is 24.3 Å². The lowest BCUT2D eigenvalue weighted by Crippen LogP contribution is -2.39. The molecule has 0 radical (unpaired) electrons. The van der Waals surface area contributed by atoms with Crippen LogP contribution in [0.3, 0.4) is 0 Å². The Morgan fingerprint density at radius 2 is 1.46 bits per heavy atom. The summed E-state index contributed by atoms with van der Waals surface area (Å²) in [5.74, 6) is 0. The first-order chi connectivity index (χ1) is 10.9. The molecule has 1 rings (SSSR count). The summed E-state index contributed by atoms with van der Waals surface area (Å²) >= 11 is 0. The molecule has 5 nitrogen and oxygen atoms in total. The molecule has 3 N–H and O–H groups in total. The van der Waals surface area contributed by atoms with E-state index in [0.29, 0.717) is 6.54 Å². The van der Waals surface area contributed by atoms with Gasteiger partial charge in [-0.25, -0.2) is 13.1 Å². The lowest BCUT2D eigenvalue weighted by Gasteiger charge is -2.19. The fraction of sp³-hybridized carbons (Fsp3) is 0.667. The number of rotatable bonds is 9. The highest BCUT2D eigenvalue weighted by Crippen LogP contribution is 2.21. The van der Waals surface area contributed by atoms with Crippen molar-refractivity contribution < 1.29 is 13.5 Å². The Bertz CT molecular complexity index is 597. The maximum Gasteiger partial charge on any atom is 0.216 e. The maximum atomic E-state index is 11.9. The standard InChI is InChI=1S/C18H32N2O3S/c1-17(2,3)24(22,23)20-14-8-6-7-13-19-16-11-9-15(10-12-16)18(4,5)21/h9-12,19-21H,6-8,13-14H2,1-5H3. The molecule has 0 fully saturated rings. The number of aliphatic hydroxyl groups is 1. The molecule has 1 aromatic rings. The van der Waals surface area contributed by atoms with E-state index in [2.05, 4.69) is 10.0 Å². The Morgan fingerprint density at radius 1 is 0.917 bits per heavy atom. The van der Waals surface area contributed by atoms with E-state index >= 15 is 0 Å². The zero-order valence-corrected chi connectivity index (χ0v) is 16.3. The Hall–Kier alpha value is -1.11. The smallest absolute Gasteiger partial charge is 0.216 e. The first-order valence-corrected chi connectivity index (χ1v) is 9.98. The van der Waals surface area contributed by atoms with Crippen LogP contribution < -0.4 is 10.0 Å². The maximum absolute atomic E-state index is 11.9. The number of unbranched alkanes of at least 4 members (excludes halogenated alkanes) is 2. The highest BCUT2D eigenvalue weighted by atomic mass is 32.2. The number of anilines is 1. The molecule has 0 bridgehead atoms. The van der Waals surface area contributed by atoms with Gasteiger partial charge in [0.15, 0.2) is 0 Å². The Morgan fingerprint density at radius 3 is 1.96 bits per heavy atom. The minimum atomic E-state index is -3.24. The predicted molar refractivity (Wildman–Crippen MR) is 101 cm³/mol. The second kappa shape index (κ2) is 8.32. The molecule has 0 heterocycles. The number of hydrogen-bond donors (Lipinski definition) is 3. The van der Waals surface area contributed by atoms with Gasteiger partial charge in [-0.1, -0.05) is 18.6 Å². The van der Waals surface area contributed by atoms with Crippen LogP contribution >= 0.6 is 0 Å². The van der Waals surface area contributed by atoms with Crippen molar-refractivity contribution >= 4 is 15.7 Å². The minimum absolute atomic E-state index is 0.486. The molecule has 0 unspecified atom stereocenters. The topological polar surface area (TPSA) is 78.4 Å². The molecule has 1 aromatic carbocycles. The molecular weight excluding hydrogens is 324 g/mol. The molecule has 0 aromatic heterocycles. The highest BCUT2D eigenvalue weighted by molar-refractivity contribution is 7.90. The van der Waals surface area contributed by atoms with Gasteiger partial charge >= 0.3 is 0 Å². The van der Waals surface area contributed by atoms with E-state index in [0.717, 1.165) is 37.1 Å². The second-order valence-corrected chi connectivity index (χ2v) is 10.2. The van der Waals surface area contributed by atoms with Gasteiger partial charge in [0.05, 0.1) is 10.3 Å². The molecule has 0 aliphatic carbocycles. The van der Waals surface area contributed by atoms with Gasteiger partial charge in [-0.15, -0.1) is 0 Å². The summed E-state index contributed by atoms with van der Waals surface area (Å²) in [6, 6.07) is 7.77. The fourth-order valence-corrected chi connectivity index (χ4v) is 2.92. The first-order valence-electron chi connectivity index (χ1n) is 8.49. The zero-order chi connectivity index (χ0) is 18.4. The summed E-state index contributed by atoms with van der Waals surface area (Å²) in [5.41, 5.74) is 1.09. The van der Waals surface area contributed by atoms with Gasteiger partial charge in [0.1, 0.15) is 0 Å². The Kier molecular flexibility index (Phi) is 7.25. The first kappa shape index (κ1) is 20.9. The molecular formula is C18H32N2O3S. The summed E-state index contributed by atoms with van der Waals surface area (Å²) in [6.07, 6.45) is 2.76. The van der Waals surface area contributed by atoms with Crippen LogP contribution in [0.5, 0.6) is 0 Å². The van der Waals surface area contributed by atoms with Crippen LogP contribution in [0.25, 0.3) is 0 Å². The lowest BCUT2D eigenvalue weighted by molar-refractivity contribution is 0.0786. The monoisotopic (exact) mass is 356 g/mol. The minimum Gasteiger partial charge on any atom is -0.386 e. The molecule has 0 aliphatic heterocycles. The highest BCUT2D eigenvalue weighted by Gasteiger charge is 2.27. The summed E-state index contributed by atoms with van der Waals surface area (Å²) < 4.78 is 25.7. The summed E-state index contributed by atoms with van der Waals surface area (Å²) in [5, 5.41) is 13.2. The second-order valence-electron chi connectivity index (χ2n) is 7.63. The van der Waals surface area contributed by atoms with Crippen LogP contribution in [0.2, 0.25) is 0 Å². The summed E-state index contributed by atoms with van der Waals surface area (Å²) in [6.45, 7) is 9.95. The van der Waals surface area contributed by atoms with Crippen molar-refractivity contribution in [1.82, 2.24) is 4.72 Å². The third-order valence-electron chi connectivity index (χ3n) is 3.87. The van der Waals surface area contributed by atoms with Gasteiger partial charge in [0.2, 0.25) is 10.0 Å². The van der Waals surface area contributed by atoms with E-state index in [1.165, 1.54) is 0 Å². The van der Waals surface area contributed by atoms with Gasteiger partial charge in [-0.05, 0) is 65.2 Å². The van der Waals surface area contributed by atoms with Gasteiger partial charge in [0, 0.05) is 18.8 Å². The molecule has 24 heavy (non-hydrogen) atoms. The molecule has 0 atom stereocenters. The van der Waals surface area contributed by atoms with E-state index in [-0.39, 0.29) is 0 Å². The summed E-state index contributed by atoms with van der Waals surface area (Å²) in [7, 11) is -3.24. The van der Waals surface area contributed by atoms with Crippen LogP contribution in [0.4, 0.5) is 5.69 Å². The number of sulfonamides is 1. The molecule has 6 heteroatoms. The number of nitrogens with one attached hydrogen (secondary N) is 2. The van der Waals surface area contributed by atoms with Crippen LogP contribution in [0.1, 0.15) is 59.4 Å². The van der Waals surface area contributed by atoms with Crippen molar-refractivity contribution in [1.29, 1.82) is 0 Å². The fourth-order valence-electron chi connectivity index (χ4n) is 2.08. The van der Waals surface area contributed by atoms with Crippen molar-refractivity contribution in [2.75, 3.05) is 18.4 Å². The Balaban J connectivity index is 2.21. The third-order valence-corrected chi connectivity index (χ3v) is 6.07. The Labute approximate surface area is 146 Å². The molecule has 0 saturated carbocycles. The van der Waals surface area contributed by atoms with E-state index in [9.17, 15) is 13.5 Å². The van der Waals surface area contributed by atoms with Crippen molar-refractivity contribution in [3.63, 3.8) is 0 Å². The summed E-state index contributed by atoms with van der Waals surface area (Å²) in [4.78, 5) is 0. The van der Waals surface area contributed by atoms with Crippen LogP contribution in [0.15, 0.2) is 24.3 Å². The quantitative estimate of drug-likeness (QED) is 0.594. The van der Waals surface area contributed by atoms with Gasteiger partial charge < -0.3 is 10.4 Å². The number of benzene rings is 1. The van der Waals surface area contributed by atoms with Crippen molar-refractivity contribution in [3.8, 4) is 0 Å². The van der Waals surface area contributed by atoms with Crippen molar-refractivity contribution in [3.05, 3.63) is 29.8 Å². The van der Waals surface area contributed by atoms with Crippen LogP contribution in [-0.2, 0) is 15.6 Å². The van der Waals surface area contributed by atoms with E-state index in [4.69, 9.17) is 0 Å². The predicted octanol–water partition coefficient (Wildman–Crippen LogP) is 3.21. The molecule has 0 spiro atoms. The SMILES string of the molecule is CC(C)(O)c1ccc(NCCCCCNS(=O)(=O)C(C)(C)C)cc1. The van der Waals surface area contributed by atoms with Crippen LogP contribution in [0, 0.1) is 0 Å². The largest absolute Gasteiger partial charge is 0.386 e. The molecule has 0 saturated heterocycles. The van der Waals surface area contributed by atoms with Gasteiger partial charge in [-0.2, -0.15) is 0 Å². The average molecular weight is 357 g/mol.